The van der Waals surface area contributed by atoms with Crippen LogP contribution in [-0.4, -0.2) is 33.9 Å². The van der Waals surface area contributed by atoms with Gasteiger partial charge in [-0.1, -0.05) is 0 Å². The summed E-state index contributed by atoms with van der Waals surface area (Å²) in [6, 6.07) is 2.14. The zero-order valence-electron chi connectivity index (χ0n) is 14.7. The summed E-state index contributed by atoms with van der Waals surface area (Å²) in [5.74, 6) is -0.255. The van der Waals surface area contributed by atoms with E-state index in [0.717, 1.165) is 19.3 Å². The summed E-state index contributed by atoms with van der Waals surface area (Å²) in [4.78, 5) is 12.4. The molecule has 2 heterocycles. The van der Waals surface area contributed by atoms with Gasteiger partial charge in [0.15, 0.2) is 0 Å². The summed E-state index contributed by atoms with van der Waals surface area (Å²) in [5, 5.41) is 15.9. The molecule has 1 N–H and O–H groups in total. The van der Waals surface area contributed by atoms with E-state index in [0.29, 0.717) is 19.4 Å². The maximum Gasteiger partial charge on any atom is 0.309 e. The Hall–Kier alpha value is -0.910. The van der Waals surface area contributed by atoms with Gasteiger partial charge in [-0.2, -0.15) is 16.4 Å². The molecule has 1 aliphatic rings. The first-order chi connectivity index (χ1) is 10.7. The van der Waals surface area contributed by atoms with Crippen LogP contribution in [0.2, 0.25) is 0 Å². The number of aryl methyl sites for hydroxylation is 1. The number of hydrogen-bond donors (Lipinski definition) is 1. The molecule has 0 amide bonds. The van der Waals surface area contributed by atoms with Crippen LogP contribution in [0.25, 0.3) is 0 Å². The van der Waals surface area contributed by atoms with E-state index in [1.165, 1.54) is 10.6 Å². The number of esters is 1. The molecule has 0 bridgehead atoms. The molecule has 23 heavy (non-hydrogen) atoms. The van der Waals surface area contributed by atoms with E-state index in [9.17, 15) is 10.0 Å². The minimum Gasteiger partial charge on any atom is -0.465 e. The van der Waals surface area contributed by atoms with Crippen LogP contribution >= 0.6 is 11.3 Å². The van der Waals surface area contributed by atoms with Gasteiger partial charge in [-0.15, -0.1) is 0 Å². The standard InChI is InChI=1S/C18H29NO3S/c1-17(2)11-15(12-18(3,4)19(17)21)16(20)22-9-6-5-7-14-8-10-23-13-14/h8,10,13,15,21H,5-7,9,11-12H2,1-4H3. The molecule has 0 saturated carbocycles. The number of piperidine rings is 1. The zero-order chi connectivity index (χ0) is 17.1. The summed E-state index contributed by atoms with van der Waals surface area (Å²) in [5.41, 5.74) is 0.537. The van der Waals surface area contributed by atoms with Crippen LogP contribution in [-0.2, 0) is 16.0 Å². The Labute approximate surface area is 143 Å². The fraction of sp³-hybridized carbons (Fsp3) is 0.722. The first kappa shape index (κ1) is 18.4. The molecule has 0 atom stereocenters. The second-order valence-electron chi connectivity index (χ2n) is 7.80. The van der Waals surface area contributed by atoms with Crippen molar-refractivity contribution in [1.29, 1.82) is 0 Å². The molecule has 2 rings (SSSR count). The largest absolute Gasteiger partial charge is 0.465 e. The molecule has 0 aromatic carbocycles. The average Bonchev–Trinajstić information content (AvgIpc) is 2.96. The van der Waals surface area contributed by atoms with Gasteiger partial charge in [-0.25, -0.2) is 0 Å². The molecule has 0 aliphatic carbocycles. The minimum atomic E-state index is -0.412. The van der Waals surface area contributed by atoms with E-state index in [1.54, 1.807) is 11.3 Å². The third kappa shape index (κ3) is 4.78. The molecule has 0 unspecified atom stereocenters. The molecule has 1 aromatic rings. The van der Waals surface area contributed by atoms with Crippen LogP contribution < -0.4 is 0 Å². The maximum atomic E-state index is 12.4. The van der Waals surface area contributed by atoms with E-state index in [4.69, 9.17) is 4.74 Å². The number of thiophene rings is 1. The normalized spacial score (nSPS) is 21.3. The second-order valence-corrected chi connectivity index (χ2v) is 8.58. The molecule has 130 valence electrons. The monoisotopic (exact) mass is 339 g/mol. The third-order valence-electron chi connectivity index (χ3n) is 4.66. The van der Waals surface area contributed by atoms with Crippen molar-refractivity contribution in [2.45, 2.75) is 70.9 Å². The smallest absolute Gasteiger partial charge is 0.309 e. The highest BCUT2D eigenvalue weighted by Gasteiger charge is 2.47. The number of hydrogen-bond acceptors (Lipinski definition) is 5. The first-order valence-electron chi connectivity index (χ1n) is 8.39. The minimum absolute atomic E-state index is 0.116. The van der Waals surface area contributed by atoms with Gasteiger partial charge in [0.2, 0.25) is 0 Å². The van der Waals surface area contributed by atoms with Crippen LogP contribution in [0.5, 0.6) is 0 Å². The third-order valence-corrected chi connectivity index (χ3v) is 5.39. The van der Waals surface area contributed by atoms with Crippen LogP contribution in [0.3, 0.4) is 0 Å². The number of carbonyl (C=O) groups excluding carboxylic acids is 1. The zero-order valence-corrected chi connectivity index (χ0v) is 15.5. The molecular weight excluding hydrogens is 310 g/mol. The van der Waals surface area contributed by atoms with Crippen LogP contribution in [0.4, 0.5) is 0 Å². The maximum absolute atomic E-state index is 12.4. The van der Waals surface area contributed by atoms with Gasteiger partial charge < -0.3 is 9.94 Å². The molecule has 0 radical (unpaired) electrons. The molecule has 0 spiro atoms. The van der Waals surface area contributed by atoms with Crippen molar-refractivity contribution >= 4 is 17.3 Å². The Balaban J connectivity index is 1.75. The van der Waals surface area contributed by atoms with E-state index in [1.807, 2.05) is 27.7 Å². The summed E-state index contributed by atoms with van der Waals surface area (Å²) in [7, 11) is 0. The fourth-order valence-electron chi connectivity index (χ4n) is 3.59. The van der Waals surface area contributed by atoms with Crippen LogP contribution in [0.15, 0.2) is 16.8 Å². The van der Waals surface area contributed by atoms with Gasteiger partial charge in [0.1, 0.15) is 0 Å². The lowest BCUT2D eigenvalue weighted by molar-refractivity contribution is -0.251. The van der Waals surface area contributed by atoms with Crippen molar-refractivity contribution in [3.63, 3.8) is 0 Å². The second kappa shape index (κ2) is 7.32. The Morgan fingerprint density at radius 3 is 2.52 bits per heavy atom. The molecule has 4 nitrogen and oxygen atoms in total. The van der Waals surface area contributed by atoms with Gasteiger partial charge in [0, 0.05) is 11.1 Å². The highest BCUT2D eigenvalue weighted by Crippen LogP contribution is 2.40. The molecular formula is C18H29NO3S. The predicted molar refractivity (Wildman–Crippen MR) is 92.7 cm³/mol. The number of unbranched alkanes of at least 4 members (excludes halogenated alkanes) is 1. The van der Waals surface area contributed by atoms with Gasteiger partial charge in [-0.05, 0) is 82.2 Å². The van der Waals surface area contributed by atoms with Gasteiger partial charge in [0.25, 0.3) is 0 Å². The number of nitrogens with zero attached hydrogens (tertiary/aromatic N) is 1. The van der Waals surface area contributed by atoms with E-state index in [-0.39, 0.29) is 11.9 Å². The van der Waals surface area contributed by atoms with Crippen LogP contribution in [0.1, 0.15) is 58.9 Å². The summed E-state index contributed by atoms with van der Waals surface area (Å²) < 4.78 is 5.49. The quantitative estimate of drug-likeness (QED) is 0.621. The summed E-state index contributed by atoms with van der Waals surface area (Å²) in [6.45, 7) is 8.36. The SMILES string of the molecule is CC1(C)CC(C(=O)OCCCCc2ccsc2)CC(C)(C)N1O. The number of hydroxylamine groups is 2. The van der Waals surface area contributed by atoms with E-state index in [2.05, 4.69) is 16.8 Å². The Bertz CT molecular complexity index is 492. The summed E-state index contributed by atoms with van der Waals surface area (Å²) >= 11 is 1.72. The Morgan fingerprint density at radius 2 is 1.96 bits per heavy atom. The van der Waals surface area contributed by atoms with Crippen molar-refractivity contribution in [3.05, 3.63) is 22.4 Å². The van der Waals surface area contributed by atoms with Gasteiger partial charge >= 0.3 is 5.97 Å². The average molecular weight is 340 g/mol. The molecule has 1 fully saturated rings. The lowest BCUT2D eigenvalue weighted by Crippen LogP contribution is -2.60. The molecule has 1 saturated heterocycles. The lowest BCUT2D eigenvalue weighted by Gasteiger charge is -2.50. The number of rotatable bonds is 6. The van der Waals surface area contributed by atoms with E-state index < -0.39 is 11.1 Å². The highest BCUT2D eigenvalue weighted by atomic mass is 32.1. The van der Waals surface area contributed by atoms with Crippen molar-refractivity contribution < 1.29 is 14.7 Å². The number of ether oxygens (including phenoxy) is 1. The van der Waals surface area contributed by atoms with Crippen molar-refractivity contribution in [2.24, 2.45) is 5.92 Å². The fourth-order valence-corrected chi connectivity index (χ4v) is 4.30. The van der Waals surface area contributed by atoms with Crippen molar-refractivity contribution in [2.75, 3.05) is 6.61 Å². The van der Waals surface area contributed by atoms with E-state index >= 15 is 0 Å². The lowest BCUT2D eigenvalue weighted by atomic mass is 9.75. The van der Waals surface area contributed by atoms with Gasteiger partial charge in [-0.3, -0.25) is 4.79 Å². The summed E-state index contributed by atoms with van der Waals surface area (Å²) in [6.07, 6.45) is 4.23. The highest BCUT2D eigenvalue weighted by molar-refractivity contribution is 7.07. The molecule has 1 aromatic heterocycles. The van der Waals surface area contributed by atoms with Gasteiger partial charge in [0.05, 0.1) is 12.5 Å². The van der Waals surface area contributed by atoms with Crippen molar-refractivity contribution in [3.8, 4) is 0 Å². The van der Waals surface area contributed by atoms with Crippen LogP contribution in [0, 0.1) is 5.92 Å². The van der Waals surface area contributed by atoms with Crippen molar-refractivity contribution in [1.82, 2.24) is 5.06 Å². The molecule has 1 aliphatic heterocycles. The predicted octanol–water partition coefficient (Wildman–Crippen LogP) is 4.27. The Kier molecular flexibility index (Phi) is 5.87. The molecule has 5 heteroatoms. The Morgan fingerprint density at radius 1 is 1.30 bits per heavy atom. The topological polar surface area (TPSA) is 49.8 Å². The first-order valence-corrected chi connectivity index (χ1v) is 9.33. The number of carbonyl (C=O) groups is 1.